The number of rotatable bonds is 4. The van der Waals surface area contributed by atoms with Crippen molar-refractivity contribution in [2.75, 3.05) is 10.5 Å². The second-order valence-electron chi connectivity index (χ2n) is 3.56. The van der Waals surface area contributed by atoms with Gasteiger partial charge in [0.25, 0.3) is 10.0 Å². The van der Waals surface area contributed by atoms with E-state index in [-0.39, 0.29) is 10.0 Å². The molecule has 0 fully saturated rings. The standard InChI is InChI=1S/C10H12N4O2S2/c1-2-7-3-4-8(5-9(7)11)18(15,16)14-10-13-12-6-17-10/h3-6H,2,11H2,1H3,(H,13,14). The van der Waals surface area contributed by atoms with E-state index in [0.717, 1.165) is 23.3 Å². The van der Waals surface area contributed by atoms with Crippen molar-refractivity contribution in [3.8, 4) is 0 Å². The summed E-state index contributed by atoms with van der Waals surface area (Å²) < 4.78 is 26.4. The highest BCUT2D eigenvalue weighted by Crippen LogP contribution is 2.21. The molecule has 1 aromatic heterocycles. The lowest BCUT2D eigenvalue weighted by atomic mass is 10.1. The first kappa shape index (κ1) is 12.8. The predicted octanol–water partition coefficient (Wildman–Crippen LogP) is 1.48. The first-order valence-electron chi connectivity index (χ1n) is 5.20. The van der Waals surface area contributed by atoms with Crippen LogP contribution in [0.25, 0.3) is 0 Å². The molecule has 6 nitrogen and oxygen atoms in total. The Morgan fingerprint density at radius 3 is 2.78 bits per heavy atom. The fourth-order valence-electron chi connectivity index (χ4n) is 1.45. The third-order valence-corrected chi connectivity index (χ3v) is 4.46. The fraction of sp³-hybridized carbons (Fsp3) is 0.200. The van der Waals surface area contributed by atoms with Gasteiger partial charge >= 0.3 is 0 Å². The van der Waals surface area contributed by atoms with Crippen LogP contribution in [0.15, 0.2) is 28.6 Å². The molecule has 0 aliphatic heterocycles. The summed E-state index contributed by atoms with van der Waals surface area (Å²) in [5.74, 6) is 0. The topological polar surface area (TPSA) is 98.0 Å². The van der Waals surface area contributed by atoms with Gasteiger partial charge in [0.2, 0.25) is 5.13 Å². The minimum atomic E-state index is -3.65. The molecule has 0 amide bonds. The van der Waals surface area contributed by atoms with Gasteiger partial charge in [0.05, 0.1) is 4.90 Å². The summed E-state index contributed by atoms with van der Waals surface area (Å²) in [7, 11) is -3.65. The Kier molecular flexibility index (Phi) is 3.48. The SMILES string of the molecule is CCc1ccc(S(=O)(=O)Nc2nncs2)cc1N. The van der Waals surface area contributed by atoms with Gasteiger partial charge in [-0.1, -0.05) is 24.3 Å². The van der Waals surface area contributed by atoms with Crippen molar-refractivity contribution < 1.29 is 8.42 Å². The molecule has 0 unspecified atom stereocenters. The number of benzene rings is 1. The summed E-state index contributed by atoms with van der Waals surface area (Å²) in [5.41, 5.74) is 8.63. The summed E-state index contributed by atoms with van der Waals surface area (Å²) in [6, 6.07) is 4.69. The number of sulfonamides is 1. The predicted molar refractivity (Wildman–Crippen MR) is 70.9 cm³/mol. The summed E-state index contributed by atoms with van der Waals surface area (Å²) in [4.78, 5) is 0.118. The zero-order chi connectivity index (χ0) is 13.2. The highest BCUT2D eigenvalue weighted by Gasteiger charge is 2.16. The number of nitrogens with two attached hydrogens (primary N) is 1. The lowest BCUT2D eigenvalue weighted by Gasteiger charge is -2.08. The van der Waals surface area contributed by atoms with Gasteiger partial charge in [0.15, 0.2) is 0 Å². The van der Waals surface area contributed by atoms with Crippen LogP contribution >= 0.6 is 11.3 Å². The van der Waals surface area contributed by atoms with Crippen LogP contribution in [0.5, 0.6) is 0 Å². The third-order valence-electron chi connectivity index (χ3n) is 2.39. The molecule has 0 saturated carbocycles. The number of hydrogen-bond donors (Lipinski definition) is 2. The van der Waals surface area contributed by atoms with Crippen molar-refractivity contribution in [1.29, 1.82) is 0 Å². The average molecular weight is 284 g/mol. The lowest BCUT2D eigenvalue weighted by Crippen LogP contribution is -2.13. The van der Waals surface area contributed by atoms with Gasteiger partial charge in [-0.05, 0) is 24.1 Å². The van der Waals surface area contributed by atoms with E-state index in [9.17, 15) is 8.42 Å². The van der Waals surface area contributed by atoms with E-state index in [1.165, 1.54) is 17.6 Å². The van der Waals surface area contributed by atoms with Gasteiger partial charge in [0.1, 0.15) is 5.51 Å². The molecule has 0 aliphatic carbocycles. The Labute approximate surface area is 109 Å². The van der Waals surface area contributed by atoms with Crippen molar-refractivity contribution in [3.05, 3.63) is 29.3 Å². The van der Waals surface area contributed by atoms with E-state index < -0.39 is 10.0 Å². The quantitative estimate of drug-likeness (QED) is 0.829. The monoisotopic (exact) mass is 284 g/mol. The van der Waals surface area contributed by atoms with Crippen molar-refractivity contribution in [1.82, 2.24) is 10.2 Å². The Morgan fingerprint density at radius 1 is 1.44 bits per heavy atom. The Hall–Kier alpha value is -1.67. The molecule has 2 rings (SSSR count). The third kappa shape index (κ3) is 2.59. The van der Waals surface area contributed by atoms with Gasteiger partial charge in [-0.2, -0.15) is 0 Å². The first-order chi connectivity index (χ1) is 8.53. The van der Waals surface area contributed by atoms with E-state index >= 15 is 0 Å². The number of anilines is 2. The van der Waals surface area contributed by atoms with E-state index in [4.69, 9.17) is 5.73 Å². The normalized spacial score (nSPS) is 11.4. The first-order valence-corrected chi connectivity index (χ1v) is 7.56. The molecule has 0 atom stereocenters. The van der Waals surface area contributed by atoms with Gasteiger partial charge < -0.3 is 5.73 Å². The fourth-order valence-corrected chi connectivity index (χ4v) is 3.18. The second kappa shape index (κ2) is 4.91. The summed E-state index contributed by atoms with van der Waals surface area (Å²) in [5, 5.41) is 7.42. The van der Waals surface area contributed by atoms with Crippen LogP contribution in [0.2, 0.25) is 0 Å². The maximum Gasteiger partial charge on any atom is 0.263 e. The number of nitrogens with one attached hydrogen (secondary N) is 1. The van der Waals surface area contributed by atoms with Crippen LogP contribution in [-0.4, -0.2) is 18.6 Å². The summed E-state index contributed by atoms with van der Waals surface area (Å²) in [6.45, 7) is 1.96. The van der Waals surface area contributed by atoms with Crippen molar-refractivity contribution >= 4 is 32.2 Å². The van der Waals surface area contributed by atoms with Crippen LogP contribution < -0.4 is 10.5 Å². The smallest absolute Gasteiger partial charge is 0.263 e. The molecule has 0 saturated heterocycles. The molecule has 0 radical (unpaired) electrons. The Balaban J connectivity index is 2.33. The van der Waals surface area contributed by atoms with Gasteiger partial charge in [-0.15, -0.1) is 10.2 Å². The van der Waals surface area contributed by atoms with Crippen LogP contribution in [-0.2, 0) is 16.4 Å². The van der Waals surface area contributed by atoms with Gasteiger partial charge in [-0.3, -0.25) is 4.72 Å². The molecule has 3 N–H and O–H groups in total. The average Bonchev–Trinajstić information content (AvgIpc) is 2.81. The molecule has 1 aromatic carbocycles. The molecule has 0 spiro atoms. The van der Waals surface area contributed by atoms with E-state index in [2.05, 4.69) is 14.9 Å². The molecule has 96 valence electrons. The van der Waals surface area contributed by atoms with Crippen LogP contribution in [0, 0.1) is 0 Å². The number of aromatic nitrogens is 2. The maximum absolute atomic E-state index is 12.0. The van der Waals surface area contributed by atoms with E-state index in [1.54, 1.807) is 6.07 Å². The second-order valence-corrected chi connectivity index (χ2v) is 6.08. The number of hydrogen-bond acceptors (Lipinski definition) is 6. The molecular formula is C10H12N4O2S2. The largest absolute Gasteiger partial charge is 0.398 e. The van der Waals surface area contributed by atoms with Crippen molar-refractivity contribution in [2.24, 2.45) is 0 Å². The molecular weight excluding hydrogens is 272 g/mol. The van der Waals surface area contributed by atoms with Crippen LogP contribution in [0.1, 0.15) is 12.5 Å². The minimum Gasteiger partial charge on any atom is -0.398 e. The maximum atomic E-state index is 12.0. The van der Waals surface area contributed by atoms with Crippen molar-refractivity contribution in [2.45, 2.75) is 18.2 Å². The molecule has 0 bridgehead atoms. The van der Waals surface area contributed by atoms with E-state index in [0.29, 0.717) is 5.69 Å². The zero-order valence-electron chi connectivity index (χ0n) is 9.62. The molecule has 8 heteroatoms. The number of nitrogen functional groups attached to an aromatic ring is 1. The zero-order valence-corrected chi connectivity index (χ0v) is 11.3. The molecule has 1 heterocycles. The Bertz CT molecular complexity index is 638. The highest BCUT2D eigenvalue weighted by molar-refractivity contribution is 7.93. The Morgan fingerprint density at radius 2 is 2.22 bits per heavy atom. The van der Waals surface area contributed by atoms with E-state index in [1.807, 2.05) is 6.92 Å². The minimum absolute atomic E-state index is 0.118. The summed E-state index contributed by atoms with van der Waals surface area (Å²) in [6.07, 6.45) is 0.760. The molecule has 0 aliphatic rings. The lowest BCUT2D eigenvalue weighted by molar-refractivity contribution is 0.601. The van der Waals surface area contributed by atoms with Crippen LogP contribution in [0.3, 0.4) is 0 Å². The number of nitrogens with zero attached hydrogens (tertiary/aromatic N) is 2. The van der Waals surface area contributed by atoms with Crippen LogP contribution in [0.4, 0.5) is 10.8 Å². The van der Waals surface area contributed by atoms with Crippen molar-refractivity contribution in [3.63, 3.8) is 0 Å². The molecule has 2 aromatic rings. The highest BCUT2D eigenvalue weighted by atomic mass is 32.2. The molecule has 18 heavy (non-hydrogen) atoms. The number of aryl methyl sites for hydroxylation is 1. The summed E-state index contributed by atoms with van der Waals surface area (Å²) >= 11 is 1.11. The van der Waals surface area contributed by atoms with Gasteiger partial charge in [0, 0.05) is 5.69 Å². The van der Waals surface area contributed by atoms with Gasteiger partial charge in [-0.25, -0.2) is 8.42 Å².